The molecule has 0 aliphatic heterocycles. The maximum absolute atomic E-state index is 11.7. The highest BCUT2D eigenvalue weighted by Crippen LogP contribution is 1.99. The van der Waals surface area contributed by atoms with Crippen LogP contribution in [0.1, 0.15) is 23.2 Å². The number of aliphatic hydroxyl groups is 1. The molecule has 0 saturated carbocycles. The molecule has 0 aliphatic rings. The second-order valence-corrected chi connectivity index (χ2v) is 4.00. The van der Waals surface area contributed by atoms with E-state index in [0.29, 0.717) is 25.1 Å². The van der Waals surface area contributed by atoms with Crippen LogP contribution in [0.15, 0.2) is 30.3 Å². The van der Waals surface area contributed by atoms with Crippen LogP contribution in [-0.4, -0.2) is 36.6 Å². The van der Waals surface area contributed by atoms with E-state index >= 15 is 0 Å². The van der Waals surface area contributed by atoms with E-state index in [1.54, 1.807) is 12.1 Å². The van der Waals surface area contributed by atoms with E-state index in [0.717, 1.165) is 6.42 Å². The predicted molar refractivity (Wildman–Crippen MR) is 67.9 cm³/mol. The molecule has 0 aliphatic carbocycles. The highest BCUT2D eigenvalue weighted by Gasteiger charge is 2.06. The quantitative estimate of drug-likeness (QED) is 0.576. The number of carbonyl (C=O) groups is 1. The topological polar surface area (TPSA) is 75.3 Å². The lowest BCUT2D eigenvalue weighted by Crippen LogP contribution is -2.31. The zero-order valence-electron chi connectivity index (χ0n) is 9.93. The van der Waals surface area contributed by atoms with Gasteiger partial charge in [-0.3, -0.25) is 4.79 Å². The van der Waals surface area contributed by atoms with Crippen molar-refractivity contribution in [3.8, 4) is 0 Å². The minimum absolute atomic E-state index is 0.0385. The summed E-state index contributed by atoms with van der Waals surface area (Å²) in [4.78, 5) is 11.7. The highest BCUT2D eigenvalue weighted by atomic mass is 16.3. The Morgan fingerprint density at radius 3 is 2.71 bits per heavy atom. The summed E-state index contributed by atoms with van der Waals surface area (Å²) in [5, 5.41) is 12.5. The zero-order valence-corrected chi connectivity index (χ0v) is 9.93. The van der Waals surface area contributed by atoms with Crippen LogP contribution in [0.4, 0.5) is 0 Å². The van der Waals surface area contributed by atoms with Crippen LogP contribution in [0.25, 0.3) is 0 Å². The second kappa shape index (κ2) is 7.95. The van der Waals surface area contributed by atoms with Gasteiger partial charge in [0, 0.05) is 12.1 Å². The fourth-order valence-corrected chi connectivity index (χ4v) is 1.53. The van der Waals surface area contributed by atoms with Crippen LogP contribution in [-0.2, 0) is 0 Å². The third-order valence-electron chi connectivity index (χ3n) is 2.50. The van der Waals surface area contributed by atoms with E-state index < -0.39 is 6.10 Å². The molecule has 0 spiro atoms. The van der Waals surface area contributed by atoms with Gasteiger partial charge in [-0.25, -0.2) is 0 Å². The molecule has 0 radical (unpaired) electrons. The number of ketones is 1. The number of rotatable bonds is 8. The molecule has 17 heavy (non-hydrogen) atoms. The van der Waals surface area contributed by atoms with E-state index in [2.05, 4.69) is 5.32 Å². The van der Waals surface area contributed by atoms with E-state index in [-0.39, 0.29) is 12.3 Å². The van der Waals surface area contributed by atoms with Gasteiger partial charge in [0.25, 0.3) is 0 Å². The molecule has 4 N–H and O–H groups in total. The molecule has 0 bridgehead atoms. The van der Waals surface area contributed by atoms with Crippen molar-refractivity contribution in [2.24, 2.45) is 5.73 Å². The molecule has 1 aromatic carbocycles. The monoisotopic (exact) mass is 236 g/mol. The molecule has 0 saturated heterocycles. The van der Waals surface area contributed by atoms with Crippen LogP contribution >= 0.6 is 0 Å². The van der Waals surface area contributed by atoms with Crippen LogP contribution in [0, 0.1) is 0 Å². The molecule has 4 nitrogen and oxygen atoms in total. The van der Waals surface area contributed by atoms with Crippen molar-refractivity contribution in [1.82, 2.24) is 5.32 Å². The fraction of sp³-hybridized carbons (Fsp3) is 0.462. The lowest BCUT2D eigenvalue weighted by molar-refractivity contribution is 0.0981. The fourth-order valence-electron chi connectivity index (χ4n) is 1.53. The molecular weight excluding hydrogens is 216 g/mol. The van der Waals surface area contributed by atoms with Gasteiger partial charge in [0.15, 0.2) is 5.78 Å². The summed E-state index contributed by atoms with van der Waals surface area (Å²) in [7, 11) is 0. The summed E-state index contributed by atoms with van der Waals surface area (Å²) in [5.41, 5.74) is 6.04. The van der Waals surface area contributed by atoms with Crippen molar-refractivity contribution < 1.29 is 9.90 Å². The van der Waals surface area contributed by atoms with Gasteiger partial charge in [0.2, 0.25) is 0 Å². The first kappa shape index (κ1) is 13.8. The van der Waals surface area contributed by atoms with E-state index in [1.165, 1.54) is 0 Å². The van der Waals surface area contributed by atoms with Crippen LogP contribution in [0.3, 0.4) is 0 Å². The molecular formula is C13H20N2O2. The van der Waals surface area contributed by atoms with Crippen molar-refractivity contribution in [3.05, 3.63) is 35.9 Å². The Balaban J connectivity index is 2.21. The Kier molecular flexibility index (Phi) is 6.47. The Morgan fingerprint density at radius 1 is 1.35 bits per heavy atom. The van der Waals surface area contributed by atoms with Gasteiger partial charge in [0.1, 0.15) is 0 Å². The van der Waals surface area contributed by atoms with Crippen molar-refractivity contribution in [2.75, 3.05) is 19.6 Å². The first-order chi connectivity index (χ1) is 8.24. The Hall–Kier alpha value is -1.23. The van der Waals surface area contributed by atoms with Crippen LogP contribution in [0.5, 0.6) is 0 Å². The SMILES string of the molecule is NCCCC(O)CNCC(=O)c1ccccc1. The molecule has 0 amide bonds. The molecule has 1 rings (SSSR count). The summed E-state index contributed by atoms with van der Waals surface area (Å²) in [6.45, 7) is 1.27. The largest absolute Gasteiger partial charge is 0.392 e. The predicted octanol–water partition coefficient (Wildman–Crippen LogP) is 0.559. The average Bonchev–Trinajstić information content (AvgIpc) is 2.37. The lowest BCUT2D eigenvalue weighted by atomic mass is 10.1. The number of hydrogen-bond acceptors (Lipinski definition) is 4. The van der Waals surface area contributed by atoms with Gasteiger partial charge in [-0.2, -0.15) is 0 Å². The Bertz CT molecular complexity index is 327. The van der Waals surface area contributed by atoms with Crippen molar-refractivity contribution in [3.63, 3.8) is 0 Å². The standard InChI is InChI=1S/C13H20N2O2/c14-8-4-7-12(16)9-15-10-13(17)11-5-2-1-3-6-11/h1-3,5-6,12,15-16H,4,7-10,14H2. The molecule has 4 heteroatoms. The summed E-state index contributed by atoms with van der Waals surface area (Å²) < 4.78 is 0. The summed E-state index contributed by atoms with van der Waals surface area (Å²) in [5.74, 6) is 0.0385. The summed E-state index contributed by atoms with van der Waals surface area (Å²) >= 11 is 0. The van der Waals surface area contributed by atoms with E-state index in [1.807, 2.05) is 18.2 Å². The van der Waals surface area contributed by atoms with Crippen LogP contribution < -0.4 is 11.1 Å². The number of nitrogens with two attached hydrogens (primary N) is 1. The minimum Gasteiger partial charge on any atom is -0.392 e. The van der Waals surface area contributed by atoms with E-state index in [4.69, 9.17) is 5.73 Å². The number of aliphatic hydroxyl groups excluding tert-OH is 1. The molecule has 1 atom stereocenters. The number of hydrogen-bond donors (Lipinski definition) is 3. The Morgan fingerprint density at radius 2 is 2.06 bits per heavy atom. The van der Waals surface area contributed by atoms with Gasteiger partial charge < -0.3 is 16.2 Å². The molecule has 94 valence electrons. The Labute approximate surface area is 102 Å². The summed E-state index contributed by atoms with van der Waals surface area (Å²) in [6, 6.07) is 9.12. The zero-order chi connectivity index (χ0) is 12.5. The lowest BCUT2D eigenvalue weighted by Gasteiger charge is -2.10. The number of benzene rings is 1. The minimum atomic E-state index is -0.429. The third-order valence-corrected chi connectivity index (χ3v) is 2.50. The van der Waals surface area contributed by atoms with Gasteiger partial charge in [-0.1, -0.05) is 30.3 Å². The second-order valence-electron chi connectivity index (χ2n) is 4.00. The highest BCUT2D eigenvalue weighted by molar-refractivity contribution is 5.97. The molecule has 0 heterocycles. The third kappa shape index (κ3) is 5.58. The first-order valence-corrected chi connectivity index (χ1v) is 5.91. The molecule has 1 aromatic rings. The average molecular weight is 236 g/mol. The summed E-state index contributed by atoms with van der Waals surface area (Å²) in [6.07, 6.45) is 1.04. The van der Waals surface area contributed by atoms with Gasteiger partial charge in [-0.15, -0.1) is 0 Å². The van der Waals surface area contributed by atoms with E-state index in [9.17, 15) is 9.90 Å². The van der Waals surface area contributed by atoms with Crippen molar-refractivity contribution in [1.29, 1.82) is 0 Å². The molecule has 0 fully saturated rings. The van der Waals surface area contributed by atoms with Crippen molar-refractivity contribution in [2.45, 2.75) is 18.9 Å². The van der Waals surface area contributed by atoms with Crippen LogP contribution in [0.2, 0.25) is 0 Å². The maximum Gasteiger partial charge on any atom is 0.176 e. The van der Waals surface area contributed by atoms with Crippen molar-refractivity contribution >= 4 is 5.78 Å². The number of Topliss-reactive ketones (excluding diaryl/α,β-unsaturated/α-hetero) is 1. The van der Waals surface area contributed by atoms with Gasteiger partial charge >= 0.3 is 0 Å². The normalized spacial score (nSPS) is 12.4. The number of nitrogens with one attached hydrogen (secondary N) is 1. The van der Waals surface area contributed by atoms with Gasteiger partial charge in [-0.05, 0) is 19.4 Å². The molecule has 1 unspecified atom stereocenters. The number of carbonyl (C=O) groups excluding carboxylic acids is 1. The van der Waals surface area contributed by atoms with Gasteiger partial charge in [0.05, 0.1) is 12.6 Å². The smallest absolute Gasteiger partial charge is 0.176 e. The molecule has 0 aromatic heterocycles. The maximum atomic E-state index is 11.7. The first-order valence-electron chi connectivity index (χ1n) is 5.91.